The van der Waals surface area contributed by atoms with Crippen LogP contribution in [-0.2, 0) is 73.4 Å². The molecule has 1 aliphatic carbocycles. The van der Waals surface area contributed by atoms with Crippen molar-refractivity contribution in [3.8, 4) is 11.1 Å². The molecule has 3 aromatic carbocycles. The number of aliphatic carboxylic acids is 2. The number of imide groups is 1. The van der Waals surface area contributed by atoms with Crippen LogP contribution in [0, 0.1) is 0 Å². The van der Waals surface area contributed by atoms with E-state index in [0.717, 1.165) is 42.5 Å². The van der Waals surface area contributed by atoms with Gasteiger partial charge in [-0.1, -0.05) is 85.3 Å². The van der Waals surface area contributed by atoms with Gasteiger partial charge in [0.1, 0.15) is 42.1 Å². The zero-order valence-corrected chi connectivity index (χ0v) is 65.0. The summed E-state index contributed by atoms with van der Waals surface area (Å²) in [6.07, 6.45) is 0.575. The van der Waals surface area contributed by atoms with Gasteiger partial charge in [0.15, 0.2) is 0 Å². The first-order chi connectivity index (χ1) is 48.5. The predicted molar refractivity (Wildman–Crippen MR) is 387 cm³/mol. The Labute approximate surface area is 634 Å². The normalized spacial score (nSPS) is 12.9. The largest absolute Gasteiger partial charge is 1.00 e. The molecule has 0 spiro atoms. The second kappa shape index (κ2) is 44.4. The number of carboxylic acids is 2. The Hall–Kier alpha value is -9.57. The summed E-state index contributed by atoms with van der Waals surface area (Å²) in [5.74, 6) is -5.55. The van der Waals surface area contributed by atoms with Crippen LogP contribution in [0.4, 0.5) is 19.2 Å². The number of amides is 10. The zero-order chi connectivity index (χ0) is 78.6. The maximum atomic E-state index is 13.7. The first-order valence-electron chi connectivity index (χ1n) is 34.2. The van der Waals surface area contributed by atoms with Gasteiger partial charge >= 0.3 is 61.1 Å². The number of rotatable bonds is 31. The van der Waals surface area contributed by atoms with Gasteiger partial charge in [-0.25, -0.2) is 19.2 Å². The van der Waals surface area contributed by atoms with Crippen LogP contribution >= 0.6 is 0 Å². The fourth-order valence-corrected chi connectivity index (χ4v) is 10.2. The topological polar surface area (TPSA) is 380 Å². The molecule has 5 rings (SSSR count). The van der Waals surface area contributed by atoms with Crippen molar-refractivity contribution in [2.24, 2.45) is 0 Å². The molecule has 3 atom stereocenters. The average molecular weight is 1480 g/mol. The molecule has 10 amide bonds. The van der Waals surface area contributed by atoms with Crippen molar-refractivity contribution in [3.05, 3.63) is 108 Å². The molecule has 3 aromatic rings. The van der Waals surface area contributed by atoms with E-state index >= 15 is 0 Å². The Morgan fingerprint density at radius 3 is 1.27 bits per heavy atom. The molecule has 582 valence electrons. The van der Waals surface area contributed by atoms with Gasteiger partial charge in [0.05, 0.1) is 25.3 Å². The minimum absolute atomic E-state index is 0. The van der Waals surface area contributed by atoms with E-state index in [-0.39, 0.29) is 126 Å². The summed E-state index contributed by atoms with van der Waals surface area (Å²) in [5, 5.41) is 20.7. The third-order valence-corrected chi connectivity index (χ3v) is 16.2. The van der Waals surface area contributed by atoms with Crippen molar-refractivity contribution in [1.29, 1.82) is 0 Å². The Morgan fingerprint density at radius 1 is 0.481 bits per heavy atom. The monoisotopic (exact) mass is 1480 g/mol. The molecule has 1 unspecified atom stereocenters. The predicted octanol–water partition coefficient (Wildman–Crippen LogP) is 4.00. The number of carbonyl (C=O) groups excluding carboxylic acids is 11. The average Bonchev–Trinajstić information content (AvgIpc) is 1.61. The van der Waals surface area contributed by atoms with Gasteiger partial charge in [-0.05, 0) is 110 Å². The van der Waals surface area contributed by atoms with E-state index in [1.54, 1.807) is 90.5 Å². The van der Waals surface area contributed by atoms with Crippen molar-refractivity contribution in [2.75, 3.05) is 116 Å². The maximum Gasteiger partial charge on any atom is 1.00 e. The van der Waals surface area contributed by atoms with Crippen LogP contribution < -0.4 is 24.2 Å². The third-order valence-electron chi connectivity index (χ3n) is 16.2. The Kier molecular flexibility index (Phi) is 39.6. The summed E-state index contributed by atoms with van der Waals surface area (Å²) in [6, 6.07) is 22.0. The number of carbonyl (C=O) groups is 13. The molecule has 32 heteroatoms. The van der Waals surface area contributed by atoms with Gasteiger partial charge in [-0.3, -0.25) is 53.0 Å². The van der Waals surface area contributed by atoms with E-state index in [1.165, 1.54) is 76.8 Å². The molecule has 106 heavy (non-hydrogen) atoms. The van der Waals surface area contributed by atoms with Crippen LogP contribution in [0.1, 0.15) is 130 Å². The number of fused-ring (bicyclic) bond motifs is 3. The van der Waals surface area contributed by atoms with Gasteiger partial charge in [0.2, 0.25) is 23.6 Å². The first kappa shape index (κ1) is 94.4. The summed E-state index contributed by atoms with van der Waals surface area (Å²) in [5.41, 5.74) is 3.21. The summed E-state index contributed by atoms with van der Waals surface area (Å²) >= 11 is 0. The molecule has 4 N–H and O–H groups in total. The number of unbranched alkanes of at least 4 members (excludes halogenated alkanes) is 2. The van der Waals surface area contributed by atoms with E-state index in [2.05, 4.69) is 5.32 Å². The number of nitrogens with one attached hydrogen (secondary N) is 1. The Bertz CT molecular complexity index is 3420. The summed E-state index contributed by atoms with van der Waals surface area (Å²) in [6.45, 7) is 17.4. The molecule has 1 aliphatic heterocycles. The standard InChI is InChI=1S/C36H43N3O7.C24H38N4O8.C14H27N3O5.Li.H2O/c1-36(2,3)46-34(42)38(5)21-20-37(4)33(41)31(22-32(40)44-23-25-14-8-7-9-15-25)39(6)35(43)45-24-30-28-18-12-10-16-26(28)27-17-11-13-19-29(27)30;1-24(2,3)36-23(35)26(5)15-14-25(4)22(34)17(16-21(32)33)27(6)18(29)10-8-7-9-13-28-19(30)11-12-20(28)31;1-14(2,3)22-13(21)17(6)8-7-16(5)12(20)10(15-4)9-11(18)19;;/h7-19,30-31H,20-24H2,1-6H3;11-12,17H,7-10,13-16H2,1-6H3,(H,32,33);10,15H,7-9H2,1-6H3,(H,18,19);;1H2/q;;;+1;/p-1/t31-;17-;;;/m00.../s1. The quantitative estimate of drug-likeness (QED) is 0.0269. The van der Waals surface area contributed by atoms with Crippen LogP contribution in [0.5, 0.6) is 0 Å². The minimum atomic E-state index is -1.22. The zero-order valence-electron chi connectivity index (χ0n) is 65.0. The number of hydrogen-bond donors (Lipinski definition) is 3. The van der Waals surface area contributed by atoms with Crippen molar-refractivity contribution in [1.82, 2.24) is 49.4 Å². The smallest absolute Gasteiger partial charge is 0.870 e. The SMILES string of the molecule is CN(CCN(C)C(=O)[C@H](CC(=O)O)N(C)C(=O)CCCCCN1C(=O)C=CC1=O)C(=O)OC(C)(C)C.CN(CCN(C)C(=O)[C@H](CC(=O)OCc1ccccc1)N(C)C(=O)OCC1c2ccccc2-c2ccccc21)C(=O)OC(C)(C)C.CNC(CC(=O)O)C(=O)N(C)CCN(C)C(=O)OC(C)(C)C.[Li+].[OH-]. The van der Waals surface area contributed by atoms with Gasteiger partial charge in [-0.15, -0.1) is 0 Å². The second-order valence-electron chi connectivity index (χ2n) is 28.3. The molecule has 0 fully saturated rings. The molecular formula is C74H109LiN10O21. The molecule has 0 saturated heterocycles. The molecule has 0 bridgehead atoms. The molecule has 1 heterocycles. The number of likely N-dealkylation sites (N-methyl/N-ethyl adjacent to an activating group) is 9. The summed E-state index contributed by atoms with van der Waals surface area (Å²) in [7, 11) is 13.7. The fraction of sp³-hybridized carbons (Fsp3) is 0.554. The number of ether oxygens (including phenoxy) is 5. The molecule has 31 nitrogen and oxygen atoms in total. The molecule has 2 aliphatic rings. The van der Waals surface area contributed by atoms with E-state index in [0.29, 0.717) is 25.8 Å². The van der Waals surface area contributed by atoms with Gasteiger partial charge < -0.3 is 79.0 Å². The molecule has 0 aromatic heterocycles. The second-order valence-corrected chi connectivity index (χ2v) is 28.3. The van der Waals surface area contributed by atoms with Crippen LogP contribution in [0.2, 0.25) is 0 Å². The van der Waals surface area contributed by atoms with E-state index in [9.17, 15) is 67.4 Å². The van der Waals surface area contributed by atoms with Crippen LogP contribution in [0.3, 0.4) is 0 Å². The Morgan fingerprint density at radius 2 is 0.868 bits per heavy atom. The summed E-state index contributed by atoms with van der Waals surface area (Å²) in [4.78, 5) is 171. The van der Waals surface area contributed by atoms with Gasteiger partial charge in [0.25, 0.3) is 11.8 Å². The van der Waals surface area contributed by atoms with Gasteiger partial charge in [-0.2, -0.15) is 0 Å². The Balaban J connectivity index is 0.000000838. The number of nitrogens with zero attached hydrogens (tertiary/aromatic N) is 9. The number of carboxylic acid groups (broad SMARTS) is 2. The number of benzene rings is 3. The van der Waals surface area contributed by atoms with Crippen molar-refractivity contribution in [3.63, 3.8) is 0 Å². The number of esters is 1. The van der Waals surface area contributed by atoms with Crippen molar-refractivity contribution in [2.45, 2.75) is 155 Å². The molecule has 0 saturated carbocycles. The van der Waals surface area contributed by atoms with Crippen molar-refractivity contribution >= 4 is 77.7 Å². The molecular weight excluding hydrogens is 1370 g/mol. The van der Waals surface area contributed by atoms with E-state index in [4.69, 9.17) is 28.8 Å². The van der Waals surface area contributed by atoms with Crippen molar-refractivity contribution < 1.29 is 121 Å². The first-order valence-corrected chi connectivity index (χ1v) is 34.2. The minimum Gasteiger partial charge on any atom is -0.870 e. The van der Waals surface area contributed by atoms with Crippen LogP contribution in [0.15, 0.2) is 91.0 Å². The number of hydrogen-bond acceptors (Lipinski definition) is 20. The summed E-state index contributed by atoms with van der Waals surface area (Å²) < 4.78 is 27.1. The maximum absolute atomic E-state index is 13.7. The molecule has 0 radical (unpaired) electrons. The van der Waals surface area contributed by atoms with Crippen LogP contribution in [0.25, 0.3) is 11.1 Å². The van der Waals surface area contributed by atoms with E-state index < -0.39 is 95.4 Å². The third kappa shape index (κ3) is 32.4. The fourth-order valence-electron chi connectivity index (χ4n) is 10.2. The van der Waals surface area contributed by atoms with Crippen LogP contribution in [-0.4, -0.2) is 288 Å². The van der Waals surface area contributed by atoms with Gasteiger partial charge in [0, 0.05) is 127 Å². The van der Waals surface area contributed by atoms with E-state index in [1.807, 2.05) is 78.9 Å².